The van der Waals surface area contributed by atoms with E-state index in [2.05, 4.69) is 11.8 Å². The third kappa shape index (κ3) is 4.77. The molecule has 0 bridgehead atoms. The van der Waals surface area contributed by atoms with Crippen LogP contribution in [0.25, 0.3) is 0 Å². The summed E-state index contributed by atoms with van der Waals surface area (Å²) >= 11 is 0. The number of amides is 1. The number of ether oxygens (including phenoxy) is 1. The lowest BCUT2D eigenvalue weighted by Crippen LogP contribution is -2.62. The minimum absolute atomic E-state index is 0.0333. The van der Waals surface area contributed by atoms with Gasteiger partial charge in [0.05, 0.1) is 10.5 Å². The molecule has 1 saturated heterocycles. The Morgan fingerprint density at radius 2 is 2.04 bits per heavy atom. The highest BCUT2D eigenvalue weighted by atomic mass is 32.2. The summed E-state index contributed by atoms with van der Waals surface area (Å²) in [5, 5.41) is 28.0. The molecule has 2 rings (SSSR count). The number of aliphatic hydroxyl groups excluding tert-OH is 1. The summed E-state index contributed by atoms with van der Waals surface area (Å²) in [6.45, 7) is 1.16. The number of piperidine rings is 1. The monoisotopic (exact) mass is 398 g/mol. The van der Waals surface area contributed by atoms with Crippen molar-refractivity contribution in [2.75, 3.05) is 19.8 Å². The molecule has 0 spiro atoms. The lowest BCUT2D eigenvalue weighted by atomic mass is 9.87. The first-order valence-corrected chi connectivity index (χ1v) is 9.65. The molecule has 27 heavy (non-hydrogen) atoms. The van der Waals surface area contributed by atoms with Gasteiger partial charge >= 0.3 is 0 Å². The van der Waals surface area contributed by atoms with E-state index in [1.54, 1.807) is 0 Å². The second kappa shape index (κ2) is 8.69. The van der Waals surface area contributed by atoms with E-state index in [1.165, 1.54) is 36.7 Å². The van der Waals surface area contributed by atoms with E-state index in [-0.39, 0.29) is 31.1 Å². The Kier molecular flexibility index (Phi) is 6.80. The van der Waals surface area contributed by atoms with Crippen molar-refractivity contribution in [2.24, 2.45) is 0 Å². The zero-order valence-electron chi connectivity index (χ0n) is 14.8. The largest absolute Gasteiger partial charge is 0.481 e. The molecule has 2 atom stereocenters. The fourth-order valence-corrected chi connectivity index (χ4v) is 4.69. The van der Waals surface area contributed by atoms with Crippen LogP contribution in [0.15, 0.2) is 29.2 Å². The summed E-state index contributed by atoms with van der Waals surface area (Å²) < 4.78 is 32.2. The second-order valence-corrected chi connectivity index (χ2v) is 8.12. The maximum absolute atomic E-state index is 13.0. The number of aliphatic hydroxyl groups is 2. The molecule has 0 aromatic heterocycles. The van der Waals surface area contributed by atoms with Gasteiger partial charge in [0.15, 0.2) is 0 Å². The van der Waals surface area contributed by atoms with E-state index in [0.29, 0.717) is 12.2 Å². The van der Waals surface area contributed by atoms with Crippen LogP contribution in [0.2, 0.25) is 0 Å². The Hall–Kier alpha value is -2.16. The first-order valence-electron chi connectivity index (χ1n) is 8.21. The quantitative estimate of drug-likeness (QED) is 0.297. The highest BCUT2D eigenvalue weighted by molar-refractivity contribution is 7.89. The molecule has 0 radical (unpaired) electrons. The number of hydrogen-bond acceptors (Lipinski definition) is 7. The lowest BCUT2D eigenvalue weighted by molar-refractivity contribution is -0.144. The molecule has 1 aliphatic heterocycles. The van der Waals surface area contributed by atoms with Crippen LogP contribution in [-0.2, 0) is 14.8 Å². The highest BCUT2D eigenvalue weighted by Gasteiger charge is 2.49. The van der Waals surface area contributed by atoms with Gasteiger partial charge in [-0.3, -0.25) is 10.0 Å². The van der Waals surface area contributed by atoms with Crippen LogP contribution in [0.1, 0.15) is 19.8 Å². The average Bonchev–Trinajstić information content (AvgIpc) is 2.64. The predicted molar refractivity (Wildman–Crippen MR) is 94.3 cm³/mol. The van der Waals surface area contributed by atoms with Crippen LogP contribution in [0, 0.1) is 11.8 Å². The second-order valence-electron chi connectivity index (χ2n) is 6.23. The fraction of sp³-hybridized carbons (Fsp3) is 0.471. The fourth-order valence-electron chi connectivity index (χ4n) is 2.97. The van der Waals surface area contributed by atoms with Gasteiger partial charge in [-0.2, -0.15) is 4.31 Å². The number of hydroxylamine groups is 1. The minimum atomic E-state index is -4.10. The SMILES string of the molecule is CC1(O)CCCN(S(=O)(=O)c2ccc(OCC#CCO)cc2)C1C(=O)NO. The molecule has 9 nitrogen and oxygen atoms in total. The summed E-state index contributed by atoms with van der Waals surface area (Å²) in [6.07, 6.45) is 0.588. The van der Waals surface area contributed by atoms with E-state index < -0.39 is 27.6 Å². The number of benzene rings is 1. The Labute approximate surface area is 157 Å². The summed E-state index contributed by atoms with van der Waals surface area (Å²) in [4.78, 5) is 11.9. The van der Waals surface area contributed by atoms with E-state index in [4.69, 9.17) is 15.1 Å². The number of carbonyl (C=O) groups excluding carboxylic acids is 1. The molecule has 1 aromatic carbocycles. The molecule has 10 heteroatoms. The van der Waals surface area contributed by atoms with E-state index in [0.717, 1.165) is 4.31 Å². The van der Waals surface area contributed by atoms with Crippen LogP contribution >= 0.6 is 0 Å². The van der Waals surface area contributed by atoms with Crippen LogP contribution in [-0.4, -0.2) is 65.5 Å². The van der Waals surface area contributed by atoms with Gasteiger partial charge in [-0.05, 0) is 44.0 Å². The Balaban J connectivity index is 2.26. The van der Waals surface area contributed by atoms with Crippen LogP contribution in [0.4, 0.5) is 0 Å². The maximum Gasteiger partial charge on any atom is 0.264 e. The lowest BCUT2D eigenvalue weighted by Gasteiger charge is -2.42. The molecular formula is C17H22N2O7S. The van der Waals surface area contributed by atoms with Crippen molar-refractivity contribution in [1.29, 1.82) is 0 Å². The van der Waals surface area contributed by atoms with Gasteiger partial charge in [-0.1, -0.05) is 11.8 Å². The Morgan fingerprint density at radius 1 is 1.37 bits per heavy atom. The summed E-state index contributed by atoms with van der Waals surface area (Å²) in [6, 6.07) is 4.07. The number of hydrogen-bond donors (Lipinski definition) is 4. The van der Waals surface area contributed by atoms with Crippen LogP contribution in [0.5, 0.6) is 5.75 Å². The molecule has 1 aromatic rings. The standard InChI is InChI=1S/C17H22N2O7S/c1-17(22)9-4-10-19(15(17)16(21)18-23)27(24,25)14-7-5-13(6-8-14)26-12-3-2-11-20/h5-8,15,20,22-23H,4,9-12H2,1H3,(H,18,21). The molecule has 2 unspecified atom stereocenters. The van der Waals surface area contributed by atoms with Gasteiger partial charge in [-0.25, -0.2) is 13.9 Å². The van der Waals surface area contributed by atoms with E-state index in [1.807, 2.05) is 0 Å². The van der Waals surface area contributed by atoms with Gasteiger partial charge < -0.3 is 14.9 Å². The van der Waals surface area contributed by atoms with Crippen molar-refractivity contribution in [3.8, 4) is 17.6 Å². The molecule has 4 N–H and O–H groups in total. The number of nitrogens with zero attached hydrogens (tertiary/aromatic N) is 1. The maximum atomic E-state index is 13.0. The minimum Gasteiger partial charge on any atom is -0.481 e. The van der Waals surface area contributed by atoms with Gasteiger partial charge in [0.25, 0.3) is 5.91 Å². The molecular weight excluding hydrogens is 376 g/mol. The molecule has 1 amide bonds. The van der Waals surface area contributed by atoms with E-state index in [9.17, 15) is 18.3 Å². The Morgan fingerprint density at radius 3 is 2.63 bits per heavy atom. The zero-order chi connectivity index (χ0) is 20.1. The smallest absolute Gasteiger partial charge is 0.264 e. The van der Waals surface area contributed by atoms with Crippen molar-refractivity contribution in [3.05, 3.63) is 24.3 Å². The molecule has 148 valence electrons. The topological polar surface area (TPSA) is 136 Å². The third-order valence-electron chi connectivity index (χ3n) is 4.24. The molecule has 1 aliphatic rings. The molecule has 0 aliphatic carbocycles. The van der Waals surface area contributed by atoms with Gasteiger partial charge in [0.2, 0.25) is 10.0 Å². The van der Waals surface area contributed by atoms with Gasteiger partial charge in [-0.15, -0.1) is 0 Å². The molecule has 1 fully saturated rings. The van der Waals surface area contributed by atoms with Crippen molar-refractivity contribution in [2.45, 2.75) is 36.3 Å². The van der Waals surface area contributed by atoms with Gasteiger partial charge in [0, 0.05) is 6.54 Å². The Bertz CT molecular complexity index is 825. The molecule has 1 heterocycles. The van der Waals surface area contributed by atoms with Crippen LogP contribution in [0.3, 0.4) is 0 Å². The van der Waals surface area contributed by atoms with E-state index >= 15 is 0 Å². The first-order chi connectivity index (χ1) is 12.7. The summed E-state index contributed by atoms with van der Waals surface area (Å²) in [7, 11) is -4.10. The van der Waals surface area contributed by atoms with Gasteiger partial charge in [0.1, 0.15) is 25.0 Å². The first kappa shape index (κ1) is 21.1. The normalized spacial score (nSPS) is 23.2. The number of carbonyl (C=O) groups is 1. The van der Waals surface area contributed by atoms with Crippen molar-refractivity contribution in [1.82, 2.24) is 9.79 Å². The number of nitrogens with one attached hydrogen (secondary N) is 1. The predicted octanol–water partition coefficient (Wildman–Crippen LogP) is -0.529. The van der Waals surface area contributed by atoms with Crippen molar-refractivity contribution in [3.63, 3.8) is 0 Å². The number of sulfonamides is 1. The summed E-state index contributed by atoms with van der Waals surface area (Å²) in [5.74, 6) is 4.38. The van der Waals surface area contributed by atoms with Crippen LogP contribution < -0.4 is 10.2 Å². The van der Waals surface area contributed by atoms with Crippen molar-refractivity contribution >= 4 is 15.9 Å². The number of rotatable bonds is 5. The zero-order valence-corrected chi connectivity index (χ0v) is 15.6. The summed E-state index contributed by atoms with van der Waals surface area (Å²) in [5.41, 5.74) is -0.188. The molecule has 0 saturated carbocycles. The highest BCUT2D eigenvalue weighted by Crippen LogP contribution is 2.32. The average molecular weight is 398 g/mol. The van der Waals surface area contributed by atoms with Crippen molar-refractivity contribution < 1.29 is 33.4 Å². The third-order valence-corrected chi connectivity index (χ3v) is 6.12.